The number of oxime groups is 1. The van der Waals surface area contributed by atoms with Crippen LogP contribution in [0.1, 0.15) is 11.8 Å². The molecule has 0 aromatic carbocycles. The summed E-state index contributed by atoms with van der Waals surface area (Å²) in [6, 6.07) is 3.75. The third-order valence-corrected chi connectivity index (χ3v) is 3.01. The molecule has 1 aromatic heterocycles. The molecule has 0 amide bonds. The number of hydrogen-bond acceptors (Lipinski definition) is 5. The van der Waals surface area contributed by atoms with Gasteiger partial charge in [-0.05, 0) is 19.1 Å². The van der Waals surface area contributed by atoms with Crippen molar-refractivity contribution in [2.45, 2.75) is 13.0 Å². The molecule has 0 bridgehead atoms. The summed E-state index contributed by atoms with van der Waals surface area (Å²) in [7, 11) is 0. The van der Waals surface area contributed by atoms with Crippen molar-refractivity contribution in [3.05, 3.63) is 17.0 Å². The van der Waals surface area contributed by atoms with Gasteiger partial charge in [0.25, 0.3) is 0 Å². The molecule has 4 nitrogen and oxygen atoms in total. The number of thiophene rings is 1. The van der Waals surface area contributed by atoms with Crippen LogP contribution in [0.15, 0.2) is 17.3 Å². The molecule has 1 atom stereocenters. The van der Waals surface area contributed by atoms with E-state index in [9.17, 15) is 0 Å². The van der Waals surface area contributed by atoms with Crippen molar-refractivity contribution in [2.75, 3.05) is 13.2 Å². The van der Waals surface area contributed by atoms with Gasteiger partial charge in [-0.3, -0.25) is 0 Å². The Morgan fingerprint density at radius 1 is 1.79 bits per heavy atom. The van der Waals surface area contributed by atoms with E-state index >= 15 is 0 Å². The molecule has 0 saturated carbocycles. The van der Waals surface area contributed by atoms with E-state index in [1.807, 2.05) is 12.1 Å². The monoisotopic (exact) mass is 213 g/mol. The van der Waals surface area contributed by atoms with Crippen LogP contribution in [0.4, 0.5) is 0 Å². The average molecular weight is 213 g/mol. The minimum absolute atomic E-state index is 0.271. The topological polar surface area (TPSA) is 54.4 Å². The lowest BCUT2D eigenvalue weighted by Crippen LogP contribution is -2.02. The fourth-order valence-corrected chi connectivity index (χ4v) is 1.79. The number of nitrogens with zero attached hydrogens (tertiary/aromatic N) is 1. The first kappa shape index (κ1) is 9.48. The molecule has 1 aromatic rings. The third kappa shape index (κ3) is 2.24. The van der Waals surface area contributed by atoms with Gasteiger partial charge >= 0.3 is 0 Å². The van der Waals surface area contributed by atoms with Crippen LogP contribution in [0.2, 0.25) is 0 Å². The molecule has 1 fully saturated rings. The first-order valence-electron chi connectivity index (χ1n) is 4.33. The summed E-state index contributed by atoms with van der Waals surface area (Å²) in [6.45, 7) is 3.16. The molecular weight excluding hydrogens is 202 g/mol. The van der Waals surface area contributed by atoms with Gasteiger partial charge in [0.15, 0.2) is 5.06 Å². The Morgan fingerprint density at radius 2 is 2.57 bits per heavy atom. The summed E-state index contributed by atoms with van der Waals surface area (Å²) in [6.07, 6.45) is 0.271. The number of epoxide rings is 1. The molecule has 1 aliphatic rings. The van der Waals surface area contributed by atoms with E-state index < -0.39 is 0 Å². The molecular formula is C9H11NO3S. The fraction of sp³-hybridized carbons (Fsp3) is 0.444. The Labute approximate surface area is 85.8 Å². The van der Waals surface area contributed by atoms with Gasteiger partial charge in [-0.2, -0.15) is 0 Å². The molecule has 0 radical (unpaired) electrons. The van der Waals surface area contributed by atoms with Crippen molar-refractivity contribution in [3.8, 4) is 5.06 Å². The summed E-state index contributed by atoms with van der Waals surface area (Å²) < 4.78 is 10.5. The second kappa shape index (κ2) is 3.98. The van der Waals surface area contributed by atoms with Crippen molar-refractivity contribution in [1.29, 1.82) is 0 Å². The van der Waals surface area contributed by atoms with Crippen LogP contribution < -0.4 is 4.74 Å². The number of hydrogen-bond donors (Lipinski definition) is 1. The zero-order valence-electron chi connectivity index (χ0n) is 7.77. The summed E-state index contributed by atoms with van der Waals surface area (Å²) in [5.41, 5.74) is 0.604. The minimum atomic E-state index is 0.271. The third-order valence-electron chi connectivity index (χ3n) is 1.90. The molecule has 0 spiro atoms. The molecule has 76 valence electrons. The predicted octanol–water partition coefficient (Wildman–Crippen LogP) is 1.72. The number of rotatable bonds is 4. The Bertz CT molecular complexity index is 344. The van der Waals surface area contributed by atoms with E-state index in [1.165, 1.54) is 11.3 Å². The maximum atomic E-state index is 8.56. The second-order valence-electron chi connectivity index (χ2n) is 3.07. The lowest BCUT2D eigenvalue weighted by Gasteiger charge is -1.98. The molecule has 1 saturated heterocycles. The van der Waals surface area contributed by atoms with Gasteiger partial charge in [-0.1, -0.05) is 16.5 Å². The predicted molar refractivity (Wildman–Crippen MR) is 53.6 cm³/mol. The molecule has 1 aliphatic heterocycles. The van der Waals surface area contributed by atoms with Crippen LogP contribution in [0.25, 0.3) is 0 Å². The van der Waals surface area contributed by atoms with Crippen molar-refractivity contribution < 1.29 is 14.7 Å². The van der Waals surface area contributed by atoms with E-state index in [0.29, 0.717) is 12.3 Å². The van der Waals surface area contributed by atoms with Gasteiger partial charge in [-0.15, -0.1) is 0 Å². The maximum Gasteiger partial charge on any atom is 0.174 e. The van der Waals surface area contributed by atoms with E-state index in [0.717, 1.165) is 16.5 Å². The van der Waals surface area contributed by atoms with Gasteiger partial charge < -0.3 is 14.7 Å². The summed E-state index contributed by atoms with van der Waals surface area (Å²) in [5.74, 6) is 0. The van der Waals surface area contributed by atoms with E-state index in [1.54, 1.807) is 6.92 Å². The highest BCUT2D eigenvalue weighted by Gasteiger charge is 2.23. The van der Waals surface area contributed by atoms with Gasteiger partial charge in [0, 0.05) is 0 Å². The summed E-state index contributed by atoms with van der Waals surface area (Å²) >= 11 is 1.47. The zero-order valence-corrected chi connectivity index (χ0v) is 8.58. The highest BCUT2D eigenvalue weighted by atomic mass is 32.1. The van der Waals surface area contributed by atoms with Crippen LogP contribution in [-0.4, -0.2) is 30.2 Å². The van der Waals surface area contributed by atoms with Gasteiger partial charge in [0.2, 0.25) is 0 Å². The van der Waals surface area contributed by atoms with Gasteiger partial charge in [0.1, 0.15) is 12.7 Å². The first-order valence-corrected chi connectivity index (χ1v) is 5.14. The lowest BCUT2D eigenvalue weighted by atomic mass is 10.3. The van der Waals surface area contributed by atoms with Crippen molar-refractivity contribution in [2.24, 2.45) is 5.16 Å². The lowest BCUT2D eigenvalue weighted by molar-refractivity contribution is 0.269. The molecule has 5 heteroatoms. The largest absolute Gasteiger partial charge is 0.481 e. The molecule has 14 heavy (non-hydrogen) atoms. The van der Waals surface area contributed by atoms with E-state index in [4.69, 9.17) is 14.7 Å². The summed E-state index contributed by atoms with van der Waals surface area (Å²) in [4.78, 5) is 0.916. The maximum absolute atomic E-state index is 8.56. The first-order chi connectivity index (χ1) is 6.79. The molecule has 1 N–H and O–H groups in total. The Balaban J connectivity index is 1.94. The molecule has 0 aliphatic carbocycles. The quantitative estimate of drug-likeness (QED) is 0.358. The fourth-order valence-electron chi connectivity index (χ4n) is 0.981. The normalized spacial score (nSPS) is 20.9. The molecule has 2 heterocycles. The standard InChI is InChI=1S/C9H11NO3S/c1-6(10-11)8-2-3-9(14-8)13-5-7-4-12-7/h2-3,7,11H,4-5H2,1H3/b10-6+. The SMILES string of the molecule is C/C(=N\O)c1ccc(OCC2CO2)s1. The van der Waals surface area contributed by atoms with Crippen molar-refractivity contribution in [3.63, 3.8) is 0 Å². The number of ether oxygens (including phenoxy) is 2. The van der Waals surface area contributed by atoms with Crippen LogP contribution in [0.5, 0.6) is 5.06 Å². The highest BCUT2D eigenvalue weighted by Crippen LogP contribution is 2.26. The van der Waals surface area contributed by atoms with Crippen LogP contribution in [0, 0.1) is 0 Å². The van der Waals surface area contributed by atoms with E-state index in [2.05, 4.69) is 5.16 Å². The van der Waals surface area contributed by atoms with Gasteiger partial charge in [-0.25, -0.2) is 0 Å². The minimum Gasteiger partial charge on any atom is -0.481 e. The van der Waals surface area contributed by atoms with Gasteiger partial charge in [0.05, 0.1) is 17.2 Å². The van der Waals surface area contributed by atoms with Crippen LogP contribution in [-0.2, 0) is 4.74 Å². The van der Waals surface area contributed by atoms with Crippen LogP contribution in [0.3, 0.4) is 0 Å². The second-order valence-corrected chi connectivity index (χ2v) is 4.12. The summed E-state index contributed by atoms with van der Waals surface area (Å²) in [5, 5.41) is 12.5. The zero-order chi connectivity index (χ0) is 9.97. The smallest absolute Gasteiger partial charge is 0.174 e. The molecule has 2 rings (SSSR count). The Kier molecular flexibility index (Phi) is 2.69. The highest BCUT2D eigenvalue weighted by molar-refractivity contribution is 7.15. The van der Waals surface area contributed by atoms with Crippen molar-refractivity contribution in [1.82, 2.24) is 0 Å². The Hall–Kier alpha value is -1.07. The Morgan fingerprint density at radius 3 is 3.21 bits per heavy atom. The molecule has 1 unspecified atom stereocenters. The van der Waals surface area contributed by atoms with Crippen molar-refractivity contribution >= 4 is 17.0 Å². The van der Waals surface area contributed by atoms with E-state index in [-0.39, 0.29) is 6.10 Å². The van der Waals surface area contributed by atoms with Crippen LogP contribution >= 0.6 is 11.3 Å². The average Bonchev–Trinajstić information content (AvgIpc) is 2.92.